The predicted octanol–water partition coefficient (Wildman–Crippen LogP) is 3.40. The molecule has 100 valence electrons. The van der Waals surface area contributed by atoms with Gasteiger partial charge in [0.25, 0.3) is 0 Å². The van der Waals surface area contributed by atoms with Gasteiger partial charge in [0.2, 0.25) is 0 Å². The van der Waals surface area contributed by atoms with Crippen molar-refractivity contribution in [3.8, 4) is 10.6 Å². The van der Waals surface area contributed by atoms with Crippen molar-refractivity contribution in [2.75, 3.05) is 6.54 Å². The van der Waals surface area contributed by atoms with Crippen LogP contribution in [-0.2, 0) is 6.42 Å². The molecule has 1 heterocycles. The van der Waals surface area contributed by atoms with Crippen LogP contribution in [0.15, 0.2) is 22.7 Å². The standard InChI is InChI=1S/C13H13BrFN3S/c14-10-3-1-2-9(12(10)15)13-18-17-11(19-13)6-7-16-8-4-5-8/h1-3,8,16H,4-7H2. The molecule has 1 aromatic carbocycles. The third-order valence-electron chi connectivity index (χ3n) is 3.00. The first-order valence-electron chi connectivity index (χ1n) is 6.24. The lowest BCUT2D eigenvalue weighted by Gasteiger charge is -1.99. The van der Waals surface area contributed by atoms with E-state index in [2.05, 4.69) is 31.4 Å². The van der Waals surface area contributed by atoms with Crippen molar-refractivity contribution in [2.45, 2.75) is 25.3 Å². The Morgan fingerprint density at radius 2 is 2.21 bits per heavy atom. The molecule has 0 bridgehead atoms. The van der Waals surface area contributed by atoms with E-state index in [-0.39, 0.29) is 5.82 Å². The van der Waals surface area contributed by atoms with Crippen LogP contribution in [0, 0.1) is 5.82 Å². The third-order valence-corrected chi connectivity index (χ3v) is 4.63. The summed E-state index contributed by atoms with van der Waals surface area (Å²) in [7, 11) is 0. The summed E-state index contributed by atoms with van der Waals surface area (Å²) in [5.41, 5.74) is 0.508. The fraction of sp³-hybridized carbons (Fsp3) is 0.385. The molecule has 1 aliphatic rings. The number of nitrogens with one attached hydrogen (secondary N) is 1. The molecule has 2 aromatic rings. The molecule has 1 N–H and O–H groups in total. The number of aromatic nitrogens is 2. The molecule has 0 amide bonds. The van der Waals surface area contributed by atoms with Crippen LogP contribution in [0.25, 0.3) is 10.6 Å². The Kier molecular flexibility index (Phi) is 3.91. The number of nitrogens with zero attached hydrogens (tertiary/aromatic N) is 2. The zero-order valence-corrected chi connectivity index (χ0v) is 12.6. The van der Waals surface area contributed by atoms with E-state index in [1.54, 1.807) is 18.2 Å². The first-order chi connectivity index (χ1) is 9.24. The van der Waals surface area contributed by atoms with Crippen LogP contribution in [0.3, 0.4) is 0 Å². The number of benzene rings is 1. The zero-order valence-electron chi connectivity index (χ0n) is 10.2. The maximum atomic E-state index is 13.9. The monoisotopic (exact) mass is 341 g/mol. The third kappa shape index (κ3) is 3.19. The average Bonchev–Trinajstić information content (AvgIpc) is 3.10. The van der Waals surface area contributed by atoms with Gasteiger partial charge in [-0.15, -0.1) is 10.2 Å². The van der Waals surface area contributed by atoms with Gasteiger partial charge in [-0.2, -0.15) is 0 Å². The quantitative estimate of drug-likeness (QED) is 0.905. The highest BCUT2D eigenvalue weighted by Gasteiger charge is 2.20. The van der Waals surface area contributed by atoms with Crippen LogP contribution in [-0.4, -0.2) is 22.8 Å². The van der Waals surface area contributed by atoms with Gasteiger partial charge in [-0.25, -0.2) is 4.39 Å². The van der Waals surface area contributed by atoms with E-state index >= 15 is 0 Å². The van der Waals surface area contributed by atoms with Gasteiger partial charge in [-0.1, -0.05) is 17.4 Å². The summed E-state index contributed by atoms with van der Waals surface area (Å²) in [5, 5.41) is 13.2. The zero-order chi connectivity index (χ0) is 13.2. The Morgan fingerprint density at radius 1 is 1.37 bits per heavy atom. The molecular formula is C13H13BrFN3S. The van der Waals surface area contributed by atoms with Crippen molar-refractivity contribution < 1.29 is 4.39 Å². The van der Waals surface area contributed by atoms with Crippen molar-refractivity contribution in [3.05, 3.63) is 33.5 Å². The number of hydrogen-bond donors (Lipinski definition) is 1. The maximum absolute atomic E-state index is 13.9. The van der Waals surface area contributed by atoms with E-state index in [9.17, 15) is 4.39 Å². The van der Waals surface area contributed by atoms with Gasteiger partial charge < -0.3 is 5.32 Å². The van der Waals surface area contributed by atoms with E-state index < -0.39 is 0 Å². The van der Waals surface area contributed by atoms with Crippen LogP contribution in [0.5, 0.6) is 0 Å². The van der Waals surface area contributed by atoms with Gasteiger partial charge in [0.15, 0.2) is 5.01 Å². The number of halogens is 2. The molecule has 0 aliphatic heterocycles. The van der Waals surface area contributed by atoms with Crippen molar-refractivity contribution in [3.63, 3.8) is 0 Å². The minimum absolute atomic E-state index is 0.277. The minimum atomic E-state index is -0.277. The molecule has 1 aromatic heterocycles. The van der Waals surface area contributed by atoms with Crippen LogP contribution >= 0.6 is 27.3 Å². The van der Waals surface area contributed by atoms with Crippen LogP contribution < -0.4 is 5.32 Å². The lowest BCUT2D eigenvalue weighted by atomic mass is 10.2. The minimum Gasteiger partial charge on any atom is -0.314 e. The van der Waals surface area contributed by atoms with E-state index in [0.29, 0.717) is 21.1 Å². The molecular weight excluding hydrogens is 329 g/mol. The molecule has 1 fully saturated rings. The highest BCUT2D eigenvalue weighted by atomic mass is 79.9. The summed E-state index contributed by atoms with van der Waals surface area (Å²) in [6, 6.07) is 5.92. The predicted molar refractivity (Wildman–Crippen MR) is 77.7 cm³/mol. The highest BCUT2D eigenvalue weighted by Crippen LogP contribution is 2.30. The summed E-state index contributed by atoms with van der Waals surface area (Å²) in [6.45, 7) is 0.917. The molecule has 0 spiro atoms. The summed E-state index contributed by atoms with van der Waals surface area (Å²) < 4.78 is 14.4. The Hall–Kier alpha value is -0.850. The fourth-order valence-corrected chi connectivity index (χ4v) is 3.03. The first-order valence-corrected chi connectivity index (χ1v) is 7.85. The van der Waals surface area contributed by atoms with E-state index in [0.717, 1.165) is 18.0 Å². The normalized spacial score (nSPS) is 14.8. The molecule has 0 unspecified atom stereocenters. The summed E-state index contributed by atoms with van der Waals surface area (Å²) >= 11 is 4.64. The molecule has 0 atom stereocenters. The van der Waals surface area contributed by atoms with E-state index in [1.165, 1.54) is 24.2 Å². The van der Waals surface area contributed by atoms with Gasteiger partial charge in [0.1, 0.15) is 10.8 Å². The summed E-state index contributed by atoms with van der Waals surface area (Å²) in [6.07, 6.45) is 3.42. The molecule has 6 heteroatoms. The summed E-state index contributed by atoms with van der Waals surface area (Å²) in [4.78, 5) is 0. The molecule has 1 saturated carbocycles. The molecule has 3 nitrogen and oxygen atoms in total. The van der Waals surface area contributed by atoms with Gasteiger partial charge >= 0.3 is 0 Å². The van der Waals surface area contributed by atoms with Gasteiger partial charge in [-0.3, -0.25) is 0 Å². The average molecular weight is 342 g/mol. The Bertz CT molecular complexity index is 583. The van der Waals surface area contributed by atoms with Crippen LogP contribution in [0.4, 0.5) is 4.39 Å². The second kappa shape index (κ2) is 5.64. The van der Waals surface area contributed by atoms with E-state index in [1.807, 2.05) is 0 Å². The largest absolute Gasteiger partial charge is 0.314 e. The lowest BCUT2D eigenvalue weighted by Crippen LogP contribution is -2.19. The Labute approximate surface area is 123 Å². The van der Waals surface area contributed by atoms with Gasteiger partial charge in [-0.05, 0) is 40.9 Å². The second-order valence-electron chi connectivity index (χ2n) is 4.58. The van der Waals surface area contributed by atoms with Gasteiger partial charge in [0.05, 0.1) is 4.47 Å². The first kappa shape index (κ1) is 13.1. The van der Waals surface area contributed by atoms with Crippen molar-refractivity contribution in [1.82, 2.24) is 15.5 Å². The molecule has 1 aliphatic carbocycles. The number of rotatable bonds is 5. The van der Waals surface area contributed by atoms with Crippen molar-refractivity contribution in [2.24, 2.45) is 0 Å². The van der Waals surface area contributed by atoms with Crippen LogP contribution in [0.2, 0.25) is 0 Å². The highest BCUT2D eigenvalue weighted by molar-refractivity contribution is 9.10. The smallest absolute Gasteiger partial charge is 0.150 e. The van der Waals surface area contributed by atoms with Crippen LogP contribution in [0.1, 0.15) is 17.8 Å². The molecule has 0 saturated heterocycles. The number of hydrogen-bond acceptors (Lipinski definition) is 4. The van der Waals surface area contributed by atoms with Gasteiger partial charge in [0, 0.05) is 24.6 Å². The SMILES string of the molecule is Fc1c(Br)cccc1-c1nnc(CCNC2CC2)s1. The second-order valence-corrected chi connectivity index (χ2v) is 6.50. The Balaban J connectivity index is 1.70. The molecule has 3 rings (SSSR count). The Morgan fingerprint density at radius 3 is 3.00 bits per heavy atom. The maximum Gasteiger partial charge on any atom is 0.150 e. The van der Waals surface area contributed by atoms with Crippen molar-refractivity contribution in [1.29, 1.82) is 0 Å². The summed E-state index contributed by atoms with van der Waals surface area (Å²) in [5.74, 6) is -0.277. The molecule has 0 radical (unpaired) electrons. The fourth-order valence-electron chi connectivity index (χ4n) is 1.80. The lowest BCUT2D eigenvalue weighted by molar-refractivity contribution is 0.624. The molecule has 19 heavy (non-hydrogen) atoms. The van der Waals surface area contributed by atoms with Crippen molar-refractivity contribution >= 4 is 27.3 Å². The van der Waals surface area contributed by atoms with E-state index in [4.69, 9.17) is 0 Å². The topological polar surface area (TPSA) is 37.8 Å².